The summed E-state index contributed by atoms with van der Waals surface area (Å²) in [7, 11) is -0.904. The first kappa shape index (κ1) is 18.8. The van der Waals surface area contributed by atoms with Gasteiger partial charge in [0.2, 0.25) is 10.0 Å². The van der Waals surface area contributed by atoms with Crippen molar-refractivity contribution < 1.29 is 27.8 Å². The van der Waals surface area contributed by atoms with Crippen molar-refractivity contribution in [3.05, 3.63) is 54.1 Å². The molecule has 0 aliphatic heterocycles. The van der Waals surface area contributed by atoms with E-state index in [1.165, 1.54) is 38.5 Å². The number of carbonyl (C=O) groups is 1. The molecule has 0 fully saturated rings. The maximum absolute atomic E-state index is 12.6. The van der Waals surface area contributed by atoms with E-state index < -0.39 is 22.0 Å². The molecule has 0 aliphatic carbocycles. The lowest BCUT2D eigenvalue weighted by Crippen LogP contribution is -2.30. The summed E-state index contributed by atoms with van der Waals surface area (Å²) in [4.78, 5) is 11.2. The molecular weight excluding hydrogens is 346 g/mol. The fraction of sp³-hybridized carbons (Fsp3) is 0.235. The summed E-state index contributed by atoms with van der Waals surface area (Å²) < 4.78 is 37.6. The molecule has 0 unspecified atom stereocenters. The molecule has 8 heteroatoms. The van der Waals surface area contributed by atoms with Crippen LogP contribution in [0.25, 0.3) is 0 Å². The summed E-state index contributed by atoms with van der Waals surface area (Å²) >= 11 is 0. The Morgan fingerprint density at radius 3 is 1.92 bits per heavy atom. The second-order valence-electron chi connectivity index (χ2n) is 5.22. The van der Waals surface area contributed by atoms with E-state index >= 15 is 0 Å². The number of aliphatic carboxylic acids is 1. The SMILES string of the molecule is COc1ccc([C@@H](CC(=O)O)NS(=O)(=O)c2ccc(OC)cc2)cc1. The Balaban J connectivity index is 2.29. The molecule has 0 amide bonds. The van der Waals surface area contributed by atoms with Gasteiger partial charge in [0, 0.05) is 0 Å². The zero-order valence-electron chi connectivity index (χ0n) is 13.8. The Bertz CT molecular complexity index is 815. The number of hydrogen-bond donors (Lipinski definition) is 2. The summed E-state index contributed by atoms with van der Waals surface area (Å²) in [6, 6.07) is 11.5. The molecule has 0 saturated carbocycles. The van der Waals surface area contributed by atoms with Crippen LogP contribution in [0.2, 0.25) is 0 Å². The summed E-state index contributed by atoms with van der Waals surface area (Å²) in [6.45, 7) is 0. The lowest BCUT2D eigenvalue weighted by atomic mass is 10.0. The highest BCUT2D eigenvalue weighted by atomic mass is 32.2. The zero-order valence-corrected chi connectivity index (χ0v) is 14.6. The van der Waals surface area contributed by atoms with E-state index in [0.717, 1.165) is 0 Å². The fourth-order valence-corrected chi connectivity index (χ4v) is 3.47. The molecule has 2 N–H and O–H groups in total. The monoisotopic (exact) mass is 365 g/mol. The van der Waals surface area contributed by atoms with Crippen molar-refractivity contribution in [2.45, 2.75) is 17.4 Å². The quantitative estimate of drug-likeness (QED) is 0.744. The number of hydrogen-bond acceptors (Lipinski definition) is 5. The summed E-state index contributed by atoms with van der Waals surface area (Å²) in [5.41, 5.74) is 0.528. The molecule has 134 valence electrons. The number of ether oxygens (including phenoxy) is 2. The largest absolute Gasteiger partial charge is 0.497 e. The molecule has 1 atom stereocenters. The predicted octanol–water partition coefficient (Wildman–Crippen LogP) is 2.20. The second kappa shape index (κ2) is 8.00. The first-order chi connectivity index (χ1) is 11.9. The van der Waals surface area contributed by atoms with E-state index in [0.29, 0.717) is 17.1 Å². The van der Waals surface area contributed by atoms with Gasteiger partial charge < -0.3 is 14.6 Å². The average Bonchev–Trinajstić information content (AvgIpc) is 2.60. The highest BCUT2D eigenvalue weighted by Gasteiger charge is 2.23. The molecule has 0 aliphatic rings. The van der Waals surface area contributed by atoms with Crippen LogP contribution < -0.4 is 14.2 Å². The first-order valence-electron chi connectivity index (χ1n) is 7.38. The van der Waals surface area contributed by atoms with Gasteiger partial charge in [-0.1, -0.05) is 12.1 Å². The molecule has 0 heterocycles. The fourth-order valence-electron chi connectivity index (χ4n) is 2.25. The van der Waals surface area contributed by atoms with E-state index in [-0.39, 0.29) is 11.3 Å². The number of methoxy groups -OCH3 is 2. The number of nitrogens with one attached hydrogen (secondary N) is 1. The van der Waals surface area contributed by atoms with Gasteiger partial charge >= 0.3 is 5.97 Å². The van der Waals surface area contributed by atoms with Crippen LogP contribution in [0.3, 0.4) is 0 Å². The first-order valence-corrected chi connectivity index (χ1v) is 8.86. The molecule has 2 aromatic rings. The average molecular weight is 365 g/mol. The minimum atomic E-state index is -3.89. The van der Waals surface area contributed by atoms with Crippen molar-refractivity contribution in [3.8, 4) is 11.5 Å². The van der Waals surface area contributed by atoms with Crippen LogP contribution in [0.4, 0.5) is 0 Å². The van der Waals surface area contributed by atoms with Crippen molar-refractivity contribution >= 4 is 16.0 Å². The Kier molecular flexibility index (Phi) is 6.00. The summed E-state index contributed by atoms with van der Waals surface area (Å²) in [6.07, 6.45) is -0.387. The van der Waals surface area contributed by atoms with Crippen molar-refractivity contribution in [2.24, 2.45) is 0 Å². The van der Waals surface area contributed by atoms with Gasteiger partial charge in [-0.2, -0.15) is 0 Å². The van der Waals surface area contributed by atoms with Crippen LogP contribution in [-0.2, 0) is 14.8 Å². The highest BCUT2D eigenvalue weighted by molar-refractivity contribution is 7.89. The number of carboxylic acids is 1. The minimum Gasteiger partial charge on any atom is -0.497 e. The third kappa shape index (κ3) is 4.94. The molecule has 0 saturated heterocycles. The maximum Gasteiger partial charge on any atom is 0.305 e. The maximum atomic E-state index is 12.6. The Morgan fingerprint density at radius 2 is 1.48 bits per heavy atom. The second-order valence-corrected chi connectivity index (χ2v) is 6.93. The molecular formula is C17H19NO6S. The molecule has 0 spiro atoms. The van der Waals surface area contributed by atoms with Gasteiger partial charge in [0.1, 0.15) is 11.5 Å². The van der Waals surface area contributed by atoms with Gasteiger partial charge in [-0.25, -0.2) is 13.1 Å². The third-order valence-corrected chi connectivity index (χ3v) is 5.05. The van der Waals surface area contributed by atoms with Crippen molar-refractivity contribution in [3.63, 3.8) is 0 Å². The molecule has 2 aromatic carbocycles. The van der Waals surface area contributed by atoms with Gasteiger partial charge in [-0.3, -0.25) is 4.79 Å². The Morgan fingerprint density at radius 1 is 1.00 bits per heavy atom. The molecule has 0 aromatic heterocycles. The Hall–Kier alpha value is -2.58. The van der Waals surface area contributed by atoms with Gasteiger partial charge in [-0.05, 0) is 42.0 Å². The topological polar surface area (TPSA) is 102 Å². The van der Waals surface area contributed by atoms with Crippen LogP contribution in [0.5, 0.6) is 11.5 Å². The van der Waals surface area contributed by atoms with Crippen LogP contribution in [0, 0.1) is 0 Å². The van der Waals surface area contributed by atoms with Crippen LogP contribution >= 0.6 is 0 Å². The van der Waals surface area contributed by atoms with Crippen LogP contribution in [0.15, 0.2) is 53.4 Å². The molecule has 0 radical (unpaired) electrons. The normalized spacial score (nSPS) is 12.4. The van der Waals surface area contributed by atoms with Crippen molar-refractivity contribution in [1.29, 1.82) is 0 Å². The van der Waals surface area contributed by atoms with E-state index in [9.17, 15) is 13.2 Å². The summed E-state index contributed by atoms with van der Waals surface area (Å²) in [5, 5.41) is 9.11. The molecule has 25 heavy (non-hydrogen) atoms. The molecule has 2 rings (SSSR count). The summed E-state index contributed by atoms with van der Waals surface area (Å²) in [5.74, 6) is 0.00489. The van der Waals surface area contributed by atoms with E-state index in [4.69, 9.17) is 14.6 Å². The Labute approximate surface area is 146 Å². The van der Waals surface area contributed by atoms with Crippen LogP contribution in [0.1, 0.15) is 18.0 Å². The molecule has 0 bridgehead atoms. The minimum absolute atomic E-state index is 0.0252. The molecule has 7 nitrogen and oxygen atoms in total. The van der Waals surface area contributed by atoms with Gasteiger partial charge in [0.05, 0.1) is 31.6 Å². The smallest absolute Gasteiger partial charge is 0.305 e. The van der Waals surface area contributed by atoms with Gasteiger partial charge in [0.15, 0.2) is 0 Å². The predicted molar refractivity (Wildman–Crippen MR) is 91.3 cm³/mol. The lowest BCUT2D eigenvalue weighted by molar-refractivity contribution is -0.137. The number of sulfonamides is 1. The highest BCUT2D eigenvalue weighted by Crippen LogP contribution is 2.23. The van der Waals surface area contributed by atoms with Gasteiger partial charge in [-0.15, -0.1) is 0 Å². The number of benzene rings is 2. The zero-order chi connectivity index (χ0) is 18.4. The van der Waals surface area contributed by atoms with Crippen molar-refractivity contribution in [2.75, 3.05) is 14.2 Å². The number of rotatable bonds is 8. The van der Waals surface area contributed by atoms with Gasteiger partial charge in [0.25, 0.3) is 0 Å². The third-order valence-electron chi connectivity index (χ3n) is 3.56. The number of carboxylic acid groups (broad SMARTS) is 1. The van der Waals surface area contributed by atoms with Crippen LogP contribution in [-0.4, -0.2) is 33.7 Å². The van der Waals surface area contributed by atoms with E-state index in [1.54, 1.807) is 24.3 Å². The van der Waals surface area contributed by atoms with E-state index in [2.05, 4.69) is 4.72 Å². The standard InChI is InChI=1S/C17H19NO6S/c1-23-13-5-3-12(4-6-13)16(11-17(19)20)18-25(21,22)15-9-7-14(24-2)8-10-15/h3-10,16,18H,11H2,1-2H3,(H,19,20)/t16-/m1/s1. The van der Waals surface area contributed by atoms with Crippen molar-refractivity contribution in [1.82, 2.24) is 4.72 Å². The van der Waals surface area contributed by atoms with E-state index in [1.807, 2.05) is 0 Å². The lowest BCUT2D eigenvalue weighted by Gasteiger charge is -2.18.